The normalized spacial score (nSPS) is 11.6. The van der Waals surface area contributed by atoms with Gasteiger partial charge in [0.15, 0.2) is 18.1 Å². The van der Waals surface area contributed by atoms with Crippen molar-refractivity contribution in [1.82, 2.24) is 5.32 Å². The Hall–Kier alpha value is -3.55. The number of carbonyl (C=O) groups excluding carboxylic acids is 2. The molecule has 0 radical (unpaired) electrons. The van der Waals surface area contributed by atoms with Crippen molar-refractivity contribution < 1.29 is 32.9 Å². The van der Waals surface area contributed by atoms with Gasteiger partial charge in [0.1, 0.15) is 5.82 Å². The van der Waals surface area contributed by atoms with Crippen LogP contribution in [0, 0.1) is 5.82 Å². The van der Waals surface area contributed by atoms with Gasteiger partial charge in [-0.05, 0) is 48.4 Å². The Kier molecular flexibility index (Phi) is 8.22. The Labute approximate surface area is 174 Å². The summed E-state index contributed by atoms with van der Waals surface area (Å²) >= 11 is 0. The third-order valence-electron chi connectivity index (χ3n) is 4.19. The fourth-order valence-electron chi connectivity index (χ4n) is 2.66. The number of nitrogens with one attached hydrogen (secondary N) is 1. The number of hydrogen-bond acceptors (Lipinski definition) is 6. The Bertz CT molecular complexity index is 885. The van der Waals surface area contributed by atoms with Gasteiger partial charge in [0.2, 0.25) is 5.75 Å². The summed E-state index contributed by atoms with van der Waals surface area (Å²) in [5.41, 5.74) is 1.36. The first-order chi connectivity index (χ1) is 14.4. The molecule has 0 aliphatic rings. The highest BCUT2D eigenvalue weighted by molar-refractivity contribution is 5.89. The number of rotatable bonds is 9. The van der Waals surface area contributed by atoms with E-state index in [1.807, 2.05) is 0 Å². The molecular formula is C22H24FNO6. The highest BCUT2D eigenvalue weighted by Crippen LogP contribution is 2.38. The summed E-state index contributed by atoms with van der Waals surface area (Å²) in [5.74, 6) is -0.190. The fraction of sp³-hybridized carbons (Fsp3) is 0.273. The maximum absolute atomic E-state index is 13.0. The zero-order valence-corrected chi connectivity index (χ0v) is 17.2. The second-order valence-electron chi connectivity index (χ2n) is 6.24. The summed E-state index contributed by atoms with van der Waals surface area (Å²) in [4.78, 5) is 23.9. The molecule has 0 aliphatic carbocycles. The van der Waals surface area contributed by atoms with Crippen LogP contribution in [-0.2, 0) is 14.3 Å². The lowest BCUT2D eigenvalue weighted by atomic mass is 10.1. The van der Waals surface area contributed by atoms with E-state index in [1.54, 1.807) is 31.2 Å². The third-order valence-corrected chi connectivity index (χ3v) is 4.19. The van der Waals surface area contributed by atoms with Crippen LogP contribution in [0.25, 0.3) is 6.08 Å². The van der Waals surface area contributed by atoms with E-state index in [1.165, 1.54) is 45.6 Å². The van der Waals surface area contributed by atoms with Gasteiger partial charge in [0, 0.05) is 6.08 Å². The minimum Gasteiger partial charge on any atom is -0.493 e. The van der Waals surface area contributed by atoms with Gasteiger partial charge in [-0.1, -0.05) is 12.1 Å². The van der Waals surface area contributed by atoms with Crippen molar-refractivity contribution >= 4 is 18.0 Å². The average Bonchev–Trinajstić information content (AvgIpc) is 2.75. The quantitative estimate of drug-likeness (QED) is 0.498. The van der Waals surface area contributed by atoms with Gasteiger partial charge >= 0.3 is 5.97 Å². The number of ether oxygens (including phenoxy) is 4. The smallest absolute Gasteiger partial charge is 0.331 e. The Balaban J connectivity index is 1.91. The summed E-state index contributed by atoms with van der Waals surface area (Å²) in [5, 5.41) is 2.68. The monoisotopic (exact) mass is 417 g/mol. The molecule has 160 valence electrons. The molecule has 1 amide bonds. The van der Waals surface area contributed by atoms with E-state index in [4.69, 9.17) is 18.9 Å². The lowest BCUT2D eigenvalue weighted by Crippen LogP contribution is -2.30. The molecule has 1 N–H and O–H groups in total. The largest absolute Gasteiger partial charge is 0.493 e. The van der Waals surface area contributed by atoms with Crippen LogP contribution in [0.2, 0.25) is 0 Å². The standard InChI is InChI=1S/C22H24FNO6/c1-14(16-6-8-17(23)9-7-16)24-20(25)13-30-21(26)10-5-15-11-18(27-2)22(29-4)19(12-15)28-3/h5-12,14H,13H2,1-4H3,(H,24,25). The molecule has 0 saturated heterocycles. The Morgan fingerprint density at radius 2 is 1.63 bits per heavy atom. The van der Waals surface area contributed by atoms with Crippen molar-refractivity contribution in [1.29, 1.82) is 0 Å². The lowest BCUT2D eigenvalue weighted by molar-refractivity contribution is -0.144. The lowest BCUT2D eigenvalue weighted by Gasteiger charge is -2.14. The number of esters is 1. The molecule has 2 aromatic rings. The number of halogens is 1. The SMILES string of the molecule is COc1cc(C=CC(=O)OCC(=O)NC(C)c2ccc(F)cc2)cc(OC)c1OC. The van der Waals surface area contributed by atoms with E-state index >= 15 is 0 Å². The second-order valence-corrected chi connectivity index (χ2v) is 6.24. The predicted octanol–water partition coefficient (Wildman–Crippen LogP) is 3.29. The molecule has 0 aliphatic heterocycles. The molecule has 1 atom stereocenters. The third kappa shape index (κ3) is 6.23. The minimum atomic E-state index is -0.687. The molecule has 7 nitrogen and oxygen atoms in total. The molecule has 0 saturated carbocycles. The van der Waals surface area contributed by atoms with Crippen LogP contribution in [0.4, 0.5) is 4.39 Å². The molecule has 0 aromatic heterocycles. The van der Waals surface area contributed by atoms with Gasteiger partial charge in [-0.3, -0.25) is 4.79 Å². The van der Waals surface area contributed by atoms with Crippen LogP contribution < -0.4 is 19.5 Å². The van der Waals surface area contributed by atoms with Crippen LogP contribution in [0.3, 0.4) is 0 Å². The van der Waals surface area contributed by atoms with Gasteiger partial charge in [-0.25, -0.2) is 9.18 Å². The van der Waals surface area contributed by atoms with Crippen molar-refractivity contribution in [2.75, 3.05) is 27.9 Å². The average molecular weight is 417 g/mol. The summed E-state index contributed by atoms with van der Waals surface area (Å²) < 4.78 is 33.7. The van der Waals surface area contributed by atoms with Crippen molar-refractivity contribution in [3.05, 3.63) is 59.4 Å². The van der Waals surface area contributed by atoms with Crippen molar-refractivity contribution in [2.45, 2.75) is 13.0 Å². The summed E-state index contributed by atoms with van der Waals surface area (Å²) in [6.07, 6.45) is 2.70. The van der Waals surface area contributed by atoms with E-state index < -0.39 is 18.5 Å². The summed E-state index contributed by atoms with van der Waals surface area (Å²) in [7, 11) is 4.48. The highest BCUT2D eigenvalue weighted by Gasteiger charge is 2.13. The highest BCUT2D eigenvalue weighted by atomic mass is 19.1. The van der Waals surface area contributed by atoms with Crippen molar-refractivity contribution in [2.24, 2.45) is 0 Å². The maximum Gasteiger partial charge on any atom is 0.331 e. The minimum absolute atomic E-state index is 0.355. The molecule has 0 heterocycles. The summed E-state index contributed by atoms with van der Waals surface area (Å²) in [6.45, 7) is 1.31. The number of methoxy groups -OCH3 is 3. The topological polar surface area (TPSA) is 83.1 Å². The van der Waals surface area contributed by atoms with Gasteiger partial charge in [-0.2, -0.15) is 0 Å². The Morgan fingerprint density at radius 1 is 1.03 bits per heavy atom. The van der Waals surface area contributed by atoms with Crippen LogP contribution in [0.5, 0.6) is 17.2 Å². The van der Waals surface area contributed by atoms with Gasteiger partial charge in [-0.15, -0.1) is 0 Å². The van der Waals surface area contributed by atoms with Gasteiger partial charge < -0.3 is 24.3 Å². The van der Waals surface area contributed by atoms with E-state index in [2.05, 4.69) is 5.32 Å². The van der Waals surface area contributed by atoms with Gasteiger partial charge in [0.05, 0.1) is 27.4 Å². The molecule has 0 spiro atoms. The number of hydrogen-bond donors (Lipinski definition) is 1. The summed E-state index contributed by atoms with van der Waals surface area (Å²) in [6, 6.07) is 8.76. The Morgan fingerprint density at radius 3 is 2.17 bits per heavy atom. The van der Waals surface area contributed by atoms with Crippen LogP contribution in [-0.4, -0.2) is 39.8 Å². The zero-order chi connectivity index (χ0) is 22.1. The molecule has 1 unspecified atom stereocenters. The molecule has 2 rings (SSSR count). The van der Waals surface area contributed by atoms with Crippen molar-refractivity contribution in [3.63, 3.8) is 0 Å². The van der Waals surface area contributed by atoms with E-state index in [9.17, 15) is 14.0 Å². The molecule has 0 fully saturated rings. The van der Waals surface area contributed by atoms with Gasteiger partial charge in [0.25, 0.3) is 5.91 Å². The fourth-order valence-corrected chi connectivity index (χ4v) is 2.66. The molecule has 0 bridgehead atoms. The number of carbonyl (C=O) groups is 2. The van der Waals surface area contributed by atoms with E-state index in [0.29, 0.717) is 22.8 Å². The first-order valence-corrected chi connectivity index (χ1v) is 9.07. The molecular weight excluding hydrogens is 393 g/mol. The van der Waals surface area contributed by atoms with Crippen LogP contribution in [0.1, 0.15) is 24.1 Å². The predicted molar refractivity (Wildman–Crippen MR) is 109 cm³/mol. The van der Waals surface area contributed by atoms with E-state index in [-0.39, 0.29) is 11.9 Å². The van der Waals surface area contributed by atoms with Crippen LogP contribution in [0.15, 0.2) is 42.5 Å². The van der Waals surface area contributed by atoms with Crippen LogP contribution >= 0.6 is 0 Å². The molecule has 2 aromatic carbocycles. The maximum atomic E-state index is 13.0. The molecule has 30 heavy (non-hydrogen) atoms. The van der Waals surface area contributed by atoms with E-state index in [0.717, 1.165) is 5.56 Å². The van der Waals surface area contributed by atoms with Crippen molar-refractivity contribution in [3.8, 4) is 17.2 Å². The first-order valence-electron chi connectivity index (χ1n) is 9.07. The zero-order valence-electron chi connectivity index (χ0n) is 17.2. The number of benzene rings is 2. The number of amides is 1. The first kappa shape index (κ1) is 22.7. The molecule has 8 heteroatoms. The second kappa shape index (κ2) is 10.8.